The van der Waals surface area contributed by atoms with Crippen molar-refractivity contribution >= 4 is 30.8 Å². The number of anilines is 1. The molecule has 0 radical (unpaired) electrons. The van der Waals surface area contributed by atoms with E-state index in [1.165, 1.54) is 55.3 Å². The third-order valence-electron chi connectivity index (χ3n) is 6.03. The number of carbonyl (C=O) groups is 1. The predicted molar refractivity (Wildman–Crippen MR) is 120 cm³/mol. The highest BCUT2D eigenvalue weighted by Crippen LogP contribution is 2.38. The minimum atomic E-state index is 0.155. The van der Waals surface area contributed by atoms with Gasteiger partial charge in [0.25, 0.3) is 0 Å². The van der Waals surface area contributed by atoms with Crippen LogP contribution in [0.3, 0.4) is 0 Å². The van der Waals surface area contributed by atoms with Crippen molar-refractivity contribution in [1.82, 2.24) is 0 Å². The summed E-state index contributed by atoms with van der Waals surface area (Å²) in [7, 11) is 0. The third kappa shape index (κ3) is 4.43. The van der Waals surface area contributed by atoms with E-state index in [2.05, 4.69) is 38.0 Å². The molecule has 156 valence electrons. The molecule has 0 fully saturated rings. The lowest BCUT2D eigenvalue weighted by atomic mass is 9.76. The van der Waals surface area contributed by atoms with E-state index >= 15 is 0 Å². The van der Waals surface area contributed by atoms with Crippen LogP contribution in [0.25, 0.3) is 0 Å². The summed E-state index contributed by atoms with van der Waals surface area (Å²) >= 11 is 4.14. The molecule has 1 heterocycles. The summed E-state index contributed by atoms with van der Waals surface area (Å²) in [6.45, 7) is 6.32. The monoisotopic (exact) mass is 413 g/mol. The Morgan fingerprint density at radius 1 is 1.07 bits per heavy atom. The van der Waals surface area contributed by atoms with Crippen molar-refractivity contribution in [3.05, 3.63) is 45.7 Å². The molecule has 0 saturated heterocycles. The van der Waals surface area contributed by atoms with Gasteiger partial charge >= 0.3 is 0 Å². The van der Waals surface area contributed by atoms with E-state index in [1.54, 1.807) is 11.1 Å². The number of carbonyl (C=O) groups excluding carboxylic acids is 1. The molecule has 0 bridgehead atoms. The third-order valence-corrected chi connectivity index (χ3v) is 6.25. The van der Waals surface area contributed by atoms with Gasteiger partial charge in [-0.1, -0.05) is 19.9 Å². The number of nitrogens with two attached hydrogens (primary N) is 1. The minimum Gasteiger partial charge on any atom is -0.454 e. The second-order valence-electron chi connectivity index (χ2n) is 8.80. The van der Waals surface area contributed by atoms with Crippen molar-refractivity contribution in [2.24, 2.45) is 11.3 Å². The molecule has 1 aromatic carbocycles. The van der Waals surface area contributed by atoms with Crippen LogP contribution in [0.1, 0.15) is 66.7 Å². The predicted octanol–water partition coefficient (Wildman–Crippen LogP) is 4.67. The van der Waals surface area contributed by atoms with Gasteiger partial charge in [-0.25, -0.2) is 0 Å². The van der Waals surface area contributed by atoms with Crippen LogP contribution in [-0.2, 0) is 36.9 Å². The Balaban J connectivity index is 0.000000153. The minimum absolute atomic E-state index is 0.155. The Morgan fingerprint density at radius 3 is 2.21 bits per heavy atom. The molecule has 5 nitrogen and oxygen atoms in total. The molecule has 1 aromatic heterocycles. The van der Waals surface area contributed by atoms with E-state index < -0.39 is 0 Å². The maximum absolute atomic E-state index is 8.00. The van der Waals surface area contributed by atoms with Gasteiger partial charge in [0.05, 0.1) is 5.69 Å². The molecule has 2 aromatic rings. The van der Waals surface area contributed by atoms with Gasteiger partial charge in [0.2, 0.25) is 0 Å². The summed E-state index contributed by atoms with van der Waals surface area (Å²) in [5, 5.41) is 8.46. The van der Waals surface area contributed by atoms with Crippen LogP contribution in [0.2, 0.25) is 0 Å². The molecule has 4 N–H and O–H groups in total. The Hall–Kier alpha value is -2.05. The molecule has 3 aliphatic rings. The second-order valence-corrected chi connectivity index (χ2v) is 9.24. The van der Waals surface area contributed by atoms with E-state index in [0.717, 1.165) is 24.2 Å². The summed E-state index contributed by atoms with van der Waals surface area (Å²) in [6.07, 6.45) is 9.25. The smallest absolute Gasteiger partial charge is 0.158 e. The summed E-state index contributed by atoms with van der Waals surface area (Å²) in [5.41, 5.74) is 12.0. The van der Waals surface area contributed by atoms with Gasteiger partial charge in [-0.3, -0.25) is 5.84 Å². The summed E-state index contributed by atoms with van der Waals surface area (Å²) in [4.78, 5) is 8.00. The standard InChI is InChI=1S/C12H16N2.C10H13NOS.CH2O/c13-14-12-10-5-1-3-8(10)7-9-4-2-6-11(9)12;1-10(2)4-7(11)6-3-9(13)12-8(6)5-10;1-2/h7,14H,1-6,13H2;3,11,13H,4-5H2,1-2H3;1H2. The van der Waals surface area contributed by atoms with Gasteiger partial charge < -0.3 is 20.0 Å². The first-order chi connectivity index (χ1) is 13.9. The van der Waals surface area contributed by atoms with Crippen LogP contribution in [0.15, 0.2) is 21.6 Å². The van der Waals surface area contributed by atoms with Crippen LogP contribution >= 0.6 is 12.6 Å². The van der Waals surface area contributed by atoms with E-state index in [4.69, 9.17) is 20.5 Å². The first-order valence-electron chi connectivity index (χ1n) is 10.2. The van der Waals surface area contributed by atoms with Gasteiger partial charge in [0, 0.05) is 17.7 Å². The van der Waals surface area contributed by atoms with E-state index in [1.807, 2.05) is 12.9 Å². The summed E-state index contributed by atoms with van der Waals surface area (Å²) in [5.74, 6) is 6.57. The van der Waals surface area contributed by atoms with Crippen molar-refractivity contribution in [2.45, 2.75) is 70.3 Å². The Bertz CT molecular complexity index is 885. The fourth-order valence-corrected chi connectivity index (χ4v) is 5.10. The number of nitrogens with one attached hydrogen (secondary N) is 2. The molecule has 0 amide bonds. The van der Waals surface area contributed by atoms with E-state index in [-0.39, 0.29) is 5.41 Å². The molecule has 0 unspecified atom stereocenters. The first-order valence-corrected chi connectivity index (χ1v) is 10.6. The fourth-order valence-electron chi connectivity index (χ4n) is 4.86. The zero-order valence-electron chi connectivity index (χ0n) is 17.4. The first kappa shape index (κ1) is 21.7. The number of rotatable bonds is 1. The average Bonchev–Trinajstić information content (AvgIpc) is 3.40. The van der Waals surface area contributed by atoms with Crippen molar-refractivity contribution in [3.63, 3.8) is 0 Å². The number of thiol groups is 1. The lowest BCUT2D eigenvalue weighted by Gasteiger charge is -2.28. The van der Waals surface area contributed by atoms with Crippen LogP contribution in [0.4, 0.5) is 5.69 Å². The number of hydrazine groups is 1. The van der Waals surface area contributed by atoms with Crippen molar-refractivity contribution < 1.29 is 9.21 Å². The topological polar surface area (TPSA) is 92.1 Å². The Labute approximate surface area is 178 Å². The quantitative estimate of drug-likeness (QED) is 0.310. The molecule has 0 spiro atoms. The van der Waals surface area contributed by atoms with Crippen LogP contribution < -0.4 is 11.3 Å². The number of aryl methyl sites for hydroxylation is 2. The second kappa shape index (κ2) is 8.76. The Kier molecular flexibility index (Phi) is 6.54. The van der Waals surface area contributed by atoms with Gasteiger partial charge in [0.15, 0.2) is 5.09 Å². The number of benzene rings is 1. The summed E-state index contributed by atoms with van der Waals surface area (Å²) in [6, 6.07) is 4.27. The van der Waals surface area contributed by atoms with E-state index in [0.29, 0.717) is 10.8 Å². The molecular weight excluding hydrogens is 382 g/mol. The van der Waals surface area contributed by atoms with Crippen LogP contribution in [0, 0.1) is 10.8 Å². The molecule has 0 atom stereocenters. The SMILES string of the molecule is C=O.CC1(C)CC(=N)c2cc(S)oc2C1.NNc1c2c(cc3c1CCC3)CCC2. The van der Waals surface area contributed by atoms with Crippen LogP contribution in [-0.4, -0.2) is 12.5 Å². The number of furan rings is 1. The normalized spacial score (nSPS) is 17.9. The fraction of sp³-hybridized carbons (Fsp3) is 0.478. The molecule has 6 heteroatoms. The largest absolute Gasteiger partial charge is 0.454 e. The highest BCUT2D eigenvalue weighted by atomic mass is 32.1. The highest BCUT2D eigenvalue weighted by molar-refractivity contribution is 7.80. The zero-order valence-corrected chi connectivity index (χ0v) is 18.3. The molecular formula is C23H31N3O2S. The molecule has 5 rings (SSSR count). The molecule has 0 aliphatic heterocycles. The maximum atomic E-state index is 8.00. The molecule has 29 heavy (non-hydrogen) atoms. The number of nitrogen functional groups attached to an aromatic ring is 1. The van der Waals surface area contributed by atoms with Gasteiger partial charge in [0.1, 0.15) is 12.5 Å². The van der Waals surface area contributed by atoms with Gasteiger partial charge in [-0.15, -0.1) is 12.6 Å². The summed E-state index contributed by atoms with van der Waals surface area (Å²) < 4.78 is 5.44. The van der Waals surface area contributed by atoms with Gasteiger partial charge in [-0.2, -0.15) is 0 Å². The zero-order chi connectivity index (χ0) is 21.2. The molecule has 0 saturated carbocycles. The van der Waals surface area contributed by atoms with E-state index in [9.17, 15) is 0 Å². The molecule has 3 aliphatic carbocycles. The van der Waals surface area contributed by atoms with Crippen molar-refractivity contribution in [3.8, 4) is 0 Å². The van der Waals surface area contributed by atoms with Crippen molar-refractivity contribution in [2.75, 3.05) is 5.43 Å². The highest BCUT2D eigenvalue weighted by Gasteiger charge is 2.31. The Morgan fingerprint density at radius 2 is 1.66 bits per heavy atom. The lowest BCUT2D eigenvalue weighted by Crippen LogP contribution is -2.25. The number of fused-ring (bicyclic) bond motifs is 3. The lowest BCUT2D eigenvalue weighted by molar-refractivity contribution is -0.0979. The maximum Gasteiger partial charge on any atom is 0.158 e. The number of hydrogen-bond acceptors (Lipinski definition) is 6. The average molecular weight is 414 g/mol. The van der Waals surface area contributed by atoms with Crippen molar-refractivity contribution in [1.29, 1.82) is 5.41 Å². The number of hydrogen-bond donors (Lipinski definition) is 4. The van der Waals surface area contributed by atoms with Crippen LogP contribution in [0.5, 0.6) is 0 Å². The van der Waals surface area contributed by atoms with Gasteiger partial charge in [-0.05, 0) is 78.7 Å².